The second-order valence-corrected chi connectivity index (χ2v) is 8.64. The van der Waals surface area contributed by atoms with Crippen LogP contribution in [0.25, 0.3) is 0 Å². The van der Waals surface area contributed by atoms with Gasteiger partial charge in [0.1, 0.15) is 0 Å². The molecule has 0 aromatic heterocycles. The Kier molecular flexibility index (Phi) is 2.63. The van der Waals surface area contributed by atoms with E-state index >= 15 is 0 Å². The van der Waals surface area contributed by atoms with Crippen molar-refractivity contribution in [2.45, 2.75) is 38.5 Å². The number of aliphatic hydroxyl groups excluding tert-OH is 2. The molecule has 0 amide bonds. The fraction of sp³-hybridized carbons (Fsp3) is 1.00. The van der Waals surface area contributed by atoms with Gasteiger partial charge in [0.25, 0.3) is 0 Å². The van der Waals surface area contributed by atoms with E-state index in [1.165, 1.54) is 32.1 Å². The van der Waals surface area contributed by atoms with E-state index < -0.39 is 0 Å². The highest BCUT2D eigenvalue weighted by atomic mass is 16.3. The van der Waals surface area contributed by atoms with Crippen LogP contribution in [0, 0.1) is 59.2 Å². The molecule has 10 unspecified atom stereocenters. The maximum Gasteiger partial charge on any atom is 0.0464 e. The first kappa shape index (κ1) is 12.5. The molecule has 0 aliphatic heterocycles. The van der Waals surface area contributed by atoms with Crippen LogP contribution in [0.2, 0.25) is 0 Å². The molecule has 20 heavy (non-hydrogen) atoms. The number of aliphatic hydroxyl groups is 2. The Morgan fingerprint density at radius 2 is 1.55 bits per heavy atom. The third-order valence-electron chi connectivity index (χ3n) is 8.55. The highest BCUT2D eigenvalue weighted by Crippen LogP contribution is 2.73. The van der Waals surface area contributed by atoms with Crippen LogP contribution in [0.4, 0.5) is 0 Å². The number of hydrogen-bond acceptors (Lipinski definition) is 2. The molecule has 5 fully saturated rings. The predicted octanol–water partition coefficient (Wildman–Crippen LogP) is 2.54. The molecule has 0 aromatic rings. The third-order valence-corrected chi connectivity index (χ3v) is 8.55. The van der Waals surface area contributed by atoms with Crippen molar-refractivity contribution in [2.24, 2.45) is 59.2 Å². The van der Waals surface area contributed by atoms with Crippen LogP contribution >= 0.6 is 0 Å². The Bertz CT molecular complexity index is 408. The van der Waals surface area contributed by atoms with Gasteiger partial charge >= 0.3 is 0 Å². The van der Waals surface area contributed by atoms with Gasteiger partial charge in [-0.1, -0.05) is 0 Å². The number of hydrogen-bond donors (Lipinski definition) is 2. The van der Waals surface area contributed by atoms with Gasteiger partial charge in [-0.15, -0.1) is 0 Å². The molecule has 0 saturated heterocycles. The largest absolute Gasteiger partial charge is 0.396 e. The fourth-order valence-corrected chi connectivity index (χ4v) is 8.34. The van der Waals surface area contributed by atoms with E-state index in [-0.39, 0.29) is 0 Å². The van der Waals surface area contributed by atoms with Crippen LogP contribution in [0.15, 0.2) is 0 Å². The maximum absolute atomic E-state index is 9.76. The van der Waals surface area contributed by atoms with Gasteiger partial charge in [0.2, 0.25) is 0 Å². The summed E-state index contributed by atoms with van der Waals surface area (Å²) in [5.41, 5.74) is 0. The smallest absolute Gasteiger partial charge is 0.0464 e. The summed E-state index contributed by atoms with van der Waals surface area (Å²) in [6, 6.07) is 0. The molecule has 0 spiro atoms. The van der Waals surface area contributed by atoms with Crippen LogP contribution < -0.4 is 0 Å². The quantitative estimate of drug-likeness (QED) is 0.831. The molecule has 0 aromatic carbocycles. The molecule has 10 atom stereocenters. The zero-order valence-electron chi connectivity index (χ0n) is 12.3. The normalized spacial score (nSPS) is 62.1. The van der Waals surface area contributed by atoms with E-state index in [0.717, 1.165) is 59.7 Å². The molecule has 5 rings (SSSR count). The lowest BCUT2D eigenvalue weighted by molar-refractivity contribution is 0.0999. The van der Waals surface area contributed by atoms with E-state index in [4.69, 9.17) is 0 Å². The number of fused-ring (bicyclic) bond motifs is 11. The van der Waals surface area contributed by atoms with Crippen LogP contribution in [-0.2, 0) is 0 Å². The topological polar surface area (TPSA) is 40.5 Å². The summed E-state index contributed by atoms with van der Waals surface area (Å²) >= 11 is 0. The van der Waals surface area contributed by atoms with Gasteiger partial charge in [-0.25, -0.2) is 0 Å². The van der Waals surface area contributed by atoms with Gasteiger partial charge in [0.15, 0.2) is 0 Å². The lowest BCUT2D eigenvalue weighted by Gasteiger charge is -2.36. The van der Waals surface area contributed by atoms with Crippen molar-refractivity contribution in [3.05, 3.63) is 0 Å². The van der Waals surface area contributed by atoms with Crippen LogP contribution in [0.5, 0.6) is 0 Å². The SMILES string of the molecule is OCCC1CC2CC1C1CC3C4CCC(C4CO)C3C21. The summed E-state index contributed by atoms with van der Waals surface area (Å²) in [5, 5.41) is 19.0. The van der Waals surface area contributed by atoms with Gasteiger partial charge in [0, 0.05) is 13.2 Å². The maximum atomic E-state index is 9.76. The fourth-order valence-electron chi connectivity index (χ4n) is 8.34. The Balaban J connectivity index is 1.42. The third kappa shape index (κ3) is 1.34. The van der Waals surface area contributed by atoms with Crippen molar-refractivity contribution in [1.82, 2.24) is 0 Å². The van der Waals surface area contributed by atoms with Gasteiger partial charge in [0.05, 0.1) is 0 Å². The standard InChI is InChI=1S/C18H28O2/c19-4-3-9-5-10-6-13(9)15-7-14-11-1-2-12(16(11)8-20)18(14)17(10)15/h9-20H,1-8H2. The molecular formula is C18H28O2. The molecular weight excluding hydrogens is 248 g/mol. The van der Waals surface area contributed by atoms with Crippen molar-refractivity contribution < 1.29 is 10.2 Å². The van der Waals surface area contributed by atoms with Gasteiger partial charge in [-0.3, -0.25) is 0 Å². The molecule has 5 saturated carbocycles. The zero-order valence-corrected chi connectivity index (χ0v) is 12.3. The van der Waals surface area contributed by atoms with Crippen molar-refractivity contribution >= 4 is 0 Å². The summed E-state index contributed by atoms with van der Waals surface area (Å²) in [5.74, 6) is 9.17. The van der Waals surface area contributed by atoms with Crippen molar-refractivity contribution in [3.8, 4) is 0 Å². The average molecular weight is 276 g/mol. The summed E-state index contributed by atoms with van der Waals surface area (Å²) in [6.07, 6.45) is 8.26. The van der Waals surface area contributed by atoms with Crippen molar-refractivity contribution in [3.63, 3.8) is 0 Å². The first-order chi connectivity index (χ1) is 9.83. The van der Waals surface area contributed by atoms with Crippen LogP contribution in [-0.4, -0.2) is 23.4 Å². The van der Waals surface area contributed by atoms with Gasteiger partial charge in [-0.05, 0) is 97.7 Å². The van der Waals surface area contributed by atoms with Crippen LogP contribution in [0.3, 0.4) is 0 Å². The van der Waals surface area contributed by atoms with Gasteiger partial charge < -0.3 is 10.2 Å². The molecule has 0 radical (unpaired) electrons. The van der Waals surface area contributed by atoms with E-state index in [1.54, 1.807) is 0 Å². The van der Waals surface area contributed by atoms with Crippen molar-refractivity contribution in [2.75, 3.05) is 13.2 Å². The highest BCUT2D eigenvalue weighted by Gasteiger charge is 2.67. The van der Waals surface area contributed by atoms with E-state index in [1.807, 2.05) is 0 Å². The monoisotopic (exact) mass is 276 g/mol. The lowest BCUT2D eigenvalue weighted by Crippen LogP contribution is -2.31. The molecule has 4 bridgehead atoms. The first-order valence-corrected chi connectivity index (χ1v) is 9.05. The zero-order chi connectivity index (χ0) is 13.4. The summed E-state index contributed by atoms with van der Waals surface area (Å²) in [6.45, 7) is 0.858. The molecule has 5 aliphatic carbocycles. The van der Waals surface area contributed by atoms with E-state index in [9.17, 15) is 10.2 Å². The van der Waals surface area contributed by atoms with E-state index in [0.29, 0.717) is 19.1 Å². The Morgan fingerprint density at radius 1 is 0.750 bits per heavy atom. The molecule has 2 nitrogen and oxygen atoms in total. The predicted molar refractivity (Wildman–Crippen MR) is 76.8 cm³/mol. The Morgan fingerprint density at radius 3 is 2.35 bits per heavy atom. The molecule has 112 valence electrons. The average Bonchev–Trinajstić information content (AvgIpc) is 3.19. The molecule has 2 heteroatoms. The Hall–Kier alpha value is -0.0800. The molecule has 0 heterocycles. The number of rotatable bonds is 3. The van der Waals surface area contributed by atoms with Crippen LogP contribution in [0.1, 0.15) is 38.5 Å². The van der Waals surface area contributed by atoms with Crippen molar-refractivity contribution in [1.29, 1.82) is 0 Å². The minimum absolute atomic E-state index is 0.399. The minimum atomic E-state index is 0.399. The summed E-state index contributed by atoms with van der Waals surface area (Å²) in [7, 11) is 0. The second kappa shape index (κ2) is 4.23. The summed E-state index contributed by atoms with van der Waals surface area (Å²) < 4.78 is 0. The van der Waals surface area contributed by atoms with Gasteiger partial charge in [-0.2, -0.15) is 0 Å². The molecule has 2 N–H and O–H groups in total. The highest BCUT2D eigenvalue weighted by molar-refractivity contribution is 5.15. The summed E-state index contributed by atoms with van der Waals surface area (Å²) in [4.78, 5) is 0. The lowest BCUT2D eigenvalue weighted by atomic mass is 9.69. The van der Waals surface area contributed by atoms with E-state index in [2.05, 4.69) is 0 Å². The second-order valence-electron chi connectivity index (χ2n) is 8.64. The Labute approximate surface area is 122 Å². The minimum Gasteiger partial charge on any atom is -0.396 e. The molecule has 5 aliphatic rings. The first-order valence-electron chi connectivity index (χ1n) is 9.05.